The van der Waals surface area contributed by atoms with Crippen molar-refractivity contribution in [3.05, 3.63) is 95.2 Å². The van der Waals surface area contributed by atoms with E-state index in [1.54, 1.807) is 17.2 Å². The van der Waals surface area contributed by atoms with E-state index in [4.69, 9.17) is 0 Å². The van der Waals surface area contributed by atoms with E-state index >= 15 is 0 Å². The summed E-state index contributed by atoms with van der Waals surface area (Å²) in [6.07, 6.45) is 3.98. The first-order valence-corrected chi connectivity index (χ1v) is 12.2. The number of nitrogens with zero attached hydrogens (tertiary/aromatic N) is 3. The van der Waals surface area contributed by atoms with Crippen LogP contribution in [0.1, 0.15) is 34.3 Å². The van der Waals surface area contributed by atoms with Gasteiger partial charge in [0, 0.05) is 45.3 Å². The maximum absolute atomic E-state index is 13.4. The van der Waals surface area contributed by atoms with Crippen LogP contribution in [0.25, 0.3) is 0 Å². The summed E-state index contributed by atoms with van der Waals surface area (Å²) >= 11 is 0. The van der Waals surface area contributed by atoms with Gasteiger partial charge in [-0.05, 0) is 54.7 Å². The fourth-order valence-electron chi connectivity index (χ4n) is 4.24. The maximum atomic E-state index is 13.4. The third kappa shape index (κ3) is 6.87. The van der Waals surface area contributed by atoms with Crippen LogP contribution in [0.15, 0.2) is 66.9 Å². The van der Waals surface area contributed by atoms with E-state index in [0.29, 0.717) is 50.3 Å². The zero-order valence-electron chi connectivity index (χ0n) is 20.1. The molecule has 0 aliphatic carbocycles. The van der Waals surface area contributed by atoms with Crippen molar-refractivity contribution in [2.75, 3.05) is 37.6 Å². The number of carbonyl (C=O) groups is 2. The van der Waals surface area contributed by atoms with Crippen molar-refractivity contribution in [1.82, 2.24) is 15.2 Å². The van der Waals surface area contributed by atoms with Crippen molar-refractivity contribution >= 4 is 17.6 Å². The molecule has 188 valence electrons. The van der Waals surface area contributed by atoms with Crippen LogP contribution in [0.4, 0.5) is 14.6 Å². The molecule has 8 heteroatoms. The standard InChI is InChI=1S/C28H30F2N4O2/c29-24-11-8-22(19-25(24)30)9-13-27(35)34-17-15-33(16-18-34)26-12-10-23(20-32-26)28(36)31-14-4-7-21-5-2-1-3-6-21/h1-3,5-6,8,10-12,19-20H,4,7,9,13-18H2,(H,31,36). The van der Waals surface area contributed by atoms with Crippen LogP contribution in [-0.4, -0.2) is 54.4 Å². The highest BCUT2D eigenvalue weighted by Crippen LogP contribution is 2.16. The Hall–Kier alpha value is -3.81. The Balaban J connectivity index is 1.18. The number of hydrogen-bond donors (Lipinski definition) is 1. The molecular weight excluding hydrogens is 462 g/mol. The van der Waals surface area contributed by atoms with Crippen LogP contribution in [-0.2, 0) is 17.6 Å². The predicted octanol–water partition coefficient (Wildman–Crippen LogP) is 4.00. The van der Waals surface area contributed by atoms with Gasteiger partial charge in [0.1, 0.15) is 5.82 Å². The van der Waals surface area contributed by atoms with Gasteiger partial charge < -0.3 is 15.1 Å². The molecule has 1 fully saturated rings. The highest BCUT2D eigenvalue weighted by Gasteiger charge is 2.22. The number of pyridine rings is 1. The second-order valence-electron chi connectivity index (χ2n) is 8.87. The largest absolute Gasteiger partial charge is 0.353 e. The average Bonchev–Trinajstić information content (AvgIpc) is 2.92. The molecular formula is C28H30F2N4O2. The van der Waals surface area contributed by atoms with Crippen molar-refractivity contribution in [3.8, 4) is 0 Å². The summed E-state index contributed by atoms with van der Waals surface area (Å²) in [5.74, 6) is -1.16. The summed E-state index contributed by atoms with van der Waals surface area (Å²) in [7, 11) is 0. The summed E-state index contributed by atoms with van der Waals surface area (Å²) in [6, 6.07) is 17.5. The van der Waals surface area contributed by atoms with Gasteiger partial charge in [-0.25, -0.2) is 13.8 Å². The molecule has 0 spiro atoms. The van der Waals surface area contributed by atoms with Gasteiger partial charge in [-0.15, -0.1) is 0 Å². The number of amides is 2. The number of hydrogen-bond acceptors (Lipinski definition) is 4. The molecule has 4 rings (SSSR count). The Bertz CT molecular complexity index is 1160. The molecule has 0 radical (unpaired) electrons. The van der Waals surface area contributed by atoms with Crippen LogP contribution in [0.5, 0.6) is 0 Å². The number of rotatable bonds is 9. The van der Waals surface area contributed by atoms with Crippen molar-refractivity contribution in [3.63, 3.8) is 0 Å². The lowest BCUT2D eigenvalue weighted by Gasteiger charge is -2.35. The lowest BCUT2D eigenvalue weighted by Crippen LogP contribution is -2.49. The minimum Gasteiger partial charge on any atom is -0.353 e. The van der Waals surface area contributed by atoms with Gasteiger partial charge in [-0.3, -0.25) is 9.59 Å². The van der Waals surface area contributed by atoms with E-state index in [9.17, 15) is 18.4 Å². The molecule has 1 aromatic heterocycles. The van der Waals surface area contributed by atoms with Gasteiger partial charge >= 0.3 is 0 Å². The molecule has 0 saturated carbocycles. The first-order valence-electron chi connectivity index (χ1n) is 12.2. The molecule has 0 unspecified atom stereocenters. The normalized spacial score (nSPS) is 13.5. The molecule has 1 aliphatic heterocycles. The topological polar surface area (TPSA) is 65.5 Å². The van der Waals surface area contributed by atoms with Crippen molar-refractivity contribution in [2.24, 2.45) is 0 Å². The fourth-order valence-corrected chi connectivity index (χ4v) is 4.24. The zero-order valence-corrected chi connectivity index (χ0v) is 20.1. The number of carbonyl (C=O) groups excluding carboxylic acids is 2. The highest BCUT2D eigenvalue weighted by atomic mass is 19.2. The smallest absolute Gasteiger partial charge is 0.252 e. The van der Waals surface area contributed by atoms with Crippen LogP contribution < -0.4 is 10.2 Å². The Kier molecular flexibility index (Phi) is 8.60. The van der Waals surface area contributed by atoms with Crippen LogP contribution >= 0.6 is 0 Å². The van der Waals surface area contributed by atoms with E-state index in [1.807, 2.05) is 24.3 Å². The van der Waals surface area contributed by atoms with Gasteiger partial charge in [0.2, 0.25) is 5.91 Å². The molecule has 0 bridgehead atoms. The van der Waals surface area contributed by atoms with Crippen molar-refractivity contribution in [2.45, 2.75) is 25.7 Å². The lowest BCUT2D eigenvalue weighted by molar-refractivity contribution is -0.131. The second-order valence-corrected chi connectivity index (χ2v) is 8.87. The van der Waals surface area contributed by atoms with Crippen molar-refractivity contribution in [1.29, 1.82) is 0 Å². The van der Waals surface area contributed by atoms with Gasteiger partial charge in [0.15, 0.2) is 11.6 Å². The monoisotopic (exact) mass is 492 g/mol. The summed E-state index contributed by atoms with van der Waals surface area (Å²) in [5, 5.41) is 2.94. The zero-order chi connectivity index (χ0) is 25.3. The Morgan fingerprint density at radius 3 is 2.33 bits per heavy atom. The SMILES string of the molecule is O=C(NCCCc1ccccc1)c1ccc(N2CCN(C(=O)CCc3ccc(F)c(F)c3)CC2)nc1. The molecule has 1 N–H and O–H groups in total. The number of aromatic nitrogens is 1. The van der Waals surface area contributed by atoms with E-state index < -0.39 is 11.6 Å². The molecule has 3 aromatic rings. The van der Waals surface area contributed by atoms with E-state index in [-0.39, 0.29) is 18.2 Å². The Morgan fingerprint density at radius 2 is 1.64 bits per heavy atom. The third-order valence-electron chi connectivity index (χ3n) is 6.35. The van der Waals surface area contributed by atoms with Crippen molar-refractivity contribution < 1.29 is 18.4 Å². The molecule has 36 heavy (non-hydrogen) atoms. The number of halogens is 2. The van der Waals surface area contributed by atoms with Crippen LogP contribution in [0.2, 0.25) is 0 Å². The van der Waals surface area contributed by atoms with Gasteiger partial charge in [0.25, 0.3) is 5.91 Å². The predicted molar refractivity (Wildman–Crippen MR) is 135 cm³/mol. The first-order chi connectivity index (χ1) is 17.5. The molecule has 2 aromatic carbocycles. The number of piperazine rings is 1. The Labute approximate surface area is 209 Å². The molecule has 2 heterocycles. The number of nitrogens with one attached hydrogen (secondary N) is 1. The summed E-state index contributed by atoms with van der Waals surface area (Å²) < 4.78 is 26.4. The van der Waals surface area contributed by atoms with E-state index in [1.165, 1.54) is 11.6 Å². The van der Waals surface area contributed by atoms with Crippen LogP contribution in [0.3, 0.4) is 0 Å². The number of aryl methyl sites for hydroxylation is 2. The number of benzene rings is 2. The third-order valence-corrected chi connectivity index (χ3v) is 6.35. The maximum Gasteiger partial charge on any atom is 0.252 e. The Morgan fingerprint density at radius 1 is 0.861 bits per heavy atom. The summed E-state index contributed by atoms with van der Waals surface area (Å²) in [5.41, 5.74) is 2.37. The summed E-state index contributed by atoms with van der Waals surface area (Å²) in [6.45, 7) is 2.98. The quantitative estimate of drug-likeness (QED) is 0.459. The van der Waals surface area contributed by atoms with E-state index in [0.717, 1.165) is 30.8 Å². The molecule has 1 saturated heterocycles. The molecule has 1 aliphatic rings. The second kappa shape index (κ2) is 12.2. The number of anilines is 1. The van der Waals surface area contributed by atoms with Gasteiger partial charge in [0.05, 0.1) is 5.56 Å². The highest BCUT2D eigenvalue weighted by molar-refractivity contribution is 5.94. The van der Waals surface area contributed by atoms with E-state index in [2.05, 4.69) is 27.3 Å². The molecule has 6 nitrogen and oxygen atoms in total. The van der Waals surface area contributed by atoms with Gasteiger partial charge in [-0.1, -0.05) is 36.4 Å². The lowest BCUT2D eigenvalue weighted by atomic mass is 10.1. The van der Waals surface area contributed by atoms with Gasteiger partial charge in [-0.2, -0.15) is 0 Å². The minimum absolute atomic E-state index is 0.00775. The average molecular weight is 493 g/mol. The molecule has 2 amide bonds. The molecule has 0 atom stereocenters. The minimum atomic E-state index is -0.896. The van der Waals surface area contributed by atoms with Crippen LogP contribution in [0, 0.1) is 11.6 Å². The summed E-state index contributed by atoms with van der Waals surface area (Å²) in [4.78, 5) is 33.3. The fraction of sp³-hybridized carbons (Fsp3) is 0.321. The first kappa shape index (κ1) is 25.3.